The van der Waals surface area contributed by atoms with Crippen LogP contribution in [0.3, 0.4) is 0 Å². The number of nitrogens with zero attached hydrogens (tertiary/aromatic N) is 4. The summed E-state index contributed by atoms with van der Waals surface area (Å²) in [7, 11) is 0. The van der Waals surface area contributed by atoms with Crippen molar-refractivity contribution in [2.24, 2.45) is 23.7 Å². The van der Waals surface area contributed by atoms with Gasteiger partial charge < -0.3 is 28.2 Å². The van der Waals surface area contributed by atoms with E-state index in [0.717, 1.165) is 72.0 Å². The second-order valence-electron chi connectivity index (χ2n) is 21.3. The summed E-state index contributed by atoms with van der Waals surface area (Å²) in [6.07, 6.45) is 8.98. The molecule has 14 atom stereocenters. The van der Waals surface area contributed by atoms with Crippen molar-refractivity contribution in [1.82, 2.24) is 0 Å². The standard InChI is InChI=1S/C54H54N4O4/c59-43(33-11-3-1-4-12-33)31-57-23-21-53-39-15-7-9-17-41(39)55-49(53)47-37(27-45(53)57)35(29-57)19-25-61-51(47)56-42-18-10-8-16-40(42)54-22-24-58(32-44(60)34-13-5-2-6-14-34)30-36-20-26-62-52(55)48(50(54)56)38(36)28-46(54)58/h1-20,37-38,45-52H,21-32H2/q+2/t37-,38-,45-,46-,47+,48+,49-,50-,51+,52+,53+,54+,57?,58?/m0/s1. The van der Waals surface area contributed by atoms with Crippen molar-refractivity contribution in [2.45, 2.75) is 73.1 Å². The molecule has 312 valence electrons. The monoisotopic (exact) mass is 822 g/mol. The summed E-state index contributed by atoms with van der Waals surface area (Å²) in [6, 6.07) is 40.0. The van der Waals surface area contributed by atoms with Crippen LogP contribution in [0.1, 0.15) is 57.5 Å². The number of piperidine rings is 2. The SMILES string of the molecule is O=C(C[N+]12CC[C@@]34c5ccccc5N5[C@@H]6OCC=C7C[N+]8(CC(=O)c9ccccc9)CC[C@]9%10c%11ccccc%11N([C@@H]%11OCC=C(C1)[C@H](C[C@@H]32)[C@@H]%11[C@H]54)[C@H]9[C@H]6[C@H]7C[C@@H]%108)c1ccccc1. The maximum atomic E-state index is 14.5. The molecule has 9 aliphatic heterocycles. The molecular formula is C54H54N4O4+2. The van der Waals surface area contributed by atoms with Crippen LogP contribution in [0.4, 0.5) is 11.4 Å². The van der Waals surface area contributed by atoms with E-state index in [4.69, 9.17) is 9.47 Å². The Morgan fingerprint density at radius 1 is 0.565 bits per heavy atom. The first-order valence-corrected chi connectivity index (χ1v) is 23.7. The second-order valence-corrected chi connectivity index (χ2v) is 21.3. The van der Waals surface area contributed by atoms with Crippen LogP contribution in [0.2, 0.25) is 0 Å². The fraction of sp³-hybridized carbons (Fsp3) is 0.444. The first-order chi connectivity index (χ1) is 30.5. The highest BCUT2D eigenvalue weighted by Gasteiger charge is 2.81. The van der Waals surface area contributed by atoms with E-state index in [1.54, 1.807) is 0 Å². The highest BCUT2D eigenvalue weighted by molar-refractivity contribution is 5.97. The van der Waals surface area contributed by atoms with Crippen LogP contribution in [0.25, 0.3) is 0 Å². The van der Waals surface area contributed by atoms with Gasteiger partial charge in [-0.1, -0.05) is 109 Å². The number of ether oxygens (including phenoxy) is 2. The fourth-order valence-corrected chi connectivity index (χ4v) is 17.8. The minimum Gasteiger partial charge on any atom is -0.354 e. The van der Waals surface area contributed by atoms with Crippen LogP contribution in [0, 0.1) is 23.7 Å². The van der Waals surface area contributed by atoms with Crippen LogP contribution in [0.15, 0.2) is 132 Å². The molecule has 5 saturated heterocycles. The number of Topliss-reactive ketones (excluding diaryl/α,β-unsaturated/α-hetero) is 2. The number of carbonyl (C=O) groups excluding carboxylic acids is 2. The molecule has 2 aliphatic carbocycles. The zero-order valence-electron chi connectivity index (χ0n) is 35.2. The number of quaternary nitrogens is 2. The Morgan fingerprint density at radius 3 is 1.44 bits per heavy atom. The van der Waals surface area contributed by atoms with Crippen molar-refractivity contribution in [3.05, 3.63) is 155 Å². The highest BCUT2D eigenvalue weighted by Crippen LogP contribution is 2.72. The summed E-state index contributed by atoms with van der Waals surface area (Å²) in [5, 5.41) is 0. The summed E-state index contributed by atoms with van der Waals surface area (Å²) in [4.78, 5) is 34.7. The first kappa shape index (κ1) is 35.6. The molecule has 62 heavy (non-hydrogen) atoms. The Bertz CT molecular complexity index is 2500. The molecule has 0 aromatic heterocycles. The maximum absolute atomic E-state index is 14.5. The van der Waals surface area contributed by atoms with Gasteiger partial charge in [-0.3, -0.25) is 9.59 Å². The van der Waals surface area contributed by atoms with Crippen LogP contribution in [0.5, 0.6) is 0 Å². The molecule has 9 heterocycles. The number of hydrogen-bond acceptors (Lipinski definition) is 6. The van der Waals surface area contributed by atoms with Crippen molar-refractivity contribution < 1.29 is 28.0 Å². The molecule has 7 fully saturated rings. The minimum absolute atomic E-state index is 0.116. The largest absolute Gasteiger partial charge is 0.354 e. The number of fused-ring (bicyclic) bond motifs is 6. The Balaban J connectivity index is 0.942. The fourth-order valence-electron chi connectivity index (χ4n) is 17.8. The zero-order chi connectivity index (χ0) is 40.7. The van der Waals surface area contributed by atoms with Crippen molar-refractivity contribution in [2.75, 3.05) is 62.3 Å². The molecular weight excluding hydrogens is 769 g/mol. The Morgan fingerprint density at radius 2 is 0.984 bits per heavy atom. The Labute approximate surface area is 363 Å². The number of rotatable bonds is 6. The Kier molecular flexibility index (Phi) is 6.90. The molecule has 4 aromatic rings. The van der Waals surface area contributed by atoms with Crippen molar-refractivity contribution in [3.63, 3.8) is 0 Å². The lowest BCUT2D eigenvalue weighted by atomic mass is 9.52. The number of ketones is 2. The van der Waals surface area contributed by atoms with Gasteiger partial charge >= 0.3 is 0 Å². The topological polar surface area (TPSA) is 59.1 Å². The van der Waals surface area contributed by atoms with Gasteiger partial charge in [-0.2, -0.15) is 0 Å². The summed E-state index contributed by atoms with van der Waals surface area (Å²) >= 11 is 0. The van der Waals surface area contributed by atoms with Crippen LogP contribution in [-0.2, 0) is 20.3 Å². The smallest absolute Gasteiger partial charge is 0.216 e. The quantitative estimate of drug-likeness (QED) is 0.118. The van der Waals surface area contributed by atoms with E-state index in [1.165, 1.54) is 33.6 Å². The molecule has 2 spiro atoms. The van der Waals surface area contributed by atoms with Crippen molar-refractivity contribution in [1.29, 1.82) is 0 Å². The normalized spacial score (nSPS) is 42.4. The molecule has 2 unspecified atom stereocenters. The molecule has 4 aromatic carbocycles. The predicted molar refractivity (Wildman–Crippen MR) is 236 cm³/mol. The number of anilines is 2. The Hall–Kier alpha value is -4.86. The summed E-state index contributed by atoms with van der Waals surface area (Å²) in [5.74, 6) is 1.66. The molecule has 4 bridgehead atoms. The minimum atomic E-state index is -0.136. The molecule has 2 saturated carbocycles. The molecule has 8 nitrogen and oxygen atoms in total. The summed E-state index contributed by atoms with van der Waals surface area (Å²) in [6.45, 7) is 6.13. The number of hydrogen-bond donors (Lipinski definition) is 0. The van der Waals surface area contributed by atoms with Crippen LogP contribution in [-0.4, -0.2) is 110 Å². The molecule has 0 amide bonds. The first-order valence-electron chi connectivity index (χ1n) is 23.7. The van der Waals surface area contributed by atoms with E-state index < -0.39 is 0 Å². The molecule has 11 aliphatic rings. The molecule has 15 rings (SSSR count). The third kappa shape index (κ3) is 4.08. The third-order valence-corrected chi connectivity index (χ3v) is 19.6. The average Bonchev–Trinajstić information content (AvgIpc) is 3.93. The van der Waals surface area contributed by atoms with Crippen molar-refractivity contribution in [3.8, 4) is 0 Å². The highest BCUT2D eigenvalue weighted by atomic mass is 16.5. The van der Waals surface area contributed by atoms with E-state index in [2.05, 4.69) is 70.5 Å². The van der Waals surface area contributed by atoms with Gasteiger partial charge in [-0.25, -0.2) is 0 Å². The lowest BCUT2D eigenvalue weighted by Gasteiger charge is -2.65. The van der Waals surface area contributed by atoms with E-state index in [1.807, 2.05) is 60.7 Å². The third-order valence-electron chi connectivity index (χ3n) is 19.6. The molecule has 0 N–H and O–H groups in total. The zero-order valence-corrected chi connectivity index (χ0v) is 35.2. The van der Waals surface area contributed by atoms with Crippen LogP contribution < -0.4 is 9.80 Å². The van der Waals surface area contributed by atoms with Crippen molar-refractivity contribution >= 4 is 22.9 Å². The number of para-hydroxylation sites is 2. The van der Waals surface area contributed by atoms with Gasteiger partial charge in [0.1, 0.15) is 50.7 Å². The lowest BCUT2D eigenvalue weighted by Crippen LogP contribution is -2.78. The van der Waals surface area contributed by atoms with Gasteiger partial charge in [-0.15, -0.1) is 0 Å². The summed E-state index contributed by atoms with van der Waals surface area (Å²) < 4.78 is 16.9. The number of carbonyl (C=O) groups is 2. The van der Waals surface area contributed by atoms with Gasteiger partial charge in [0.15, 0.2) is 0 Å². The molecule has 8 heteroatoms. The van der Waals surface area contributed by atoms with Gasteiger partial charge in [0.25, 0.3) is 0 Å². The van der Waals surface area contributed by atoms with E-state index in [-0.39, 0.29) is 58.8 Å². The summed E-state index contributed by atoms with van der Waals surface area (Å²) in [5.41, 5.74) is 10.1. The second kappa shape index (κ2) is 12.0. The number of benzene rings is 4. The van der Waals surface area contributed by atoms with E-state index in [9.17, 15) is 9.59 Å². The van der Waals surface area contributed by atoms with Gasteiger partial charge in [0.05, 0.1) is 49.2 Å². The predicted octanol–water partition coefficient (Wildman–Crippen LogP) is 7.06. The molecule has 0 radical (unpaired) electrons. The lowest BCUT2D eigenvalue weighted by molar-refractivity contribution is -0.935. The van der Waals surface area contributed by atoms with E-state index >= 15 is 0 Å². The van der Waals surface area contributed by atoms with E-state index in [0.29, 0.717) is 50.2 Å². The van der Waals surface area contributed by atoms with Gasteiger partial charge in [0, 0.05) is 71.9 Å². The van der Waals surface area contributed by atoms with Crippen LogP contribution >= 0.6 is 0 Å². The maximum Gasteiger partial charge on any atom is 0.216 e. The van der Waals surface area contributed by atoms with Gasteiger partial charge in [-0.05, 0) is 34.4 Å². The average molecular weight is 823 g/mol. The van der Waals surface area contributed by atoms with Gasteiger partial charge in [0.2, 0.25) is 11.6 Å².